The minimum atomic E-state index is -4.15. The predicted molar refractivity (Wildman–Crippen MR) is 122 cm³/mol. The van der Waals surface area contributed by atoms with Crippen LogP contribution in [0.25, 0.3) is 0 Å². The molecule has 9 heteroatoms. The standard InChI is InChI=1S/C22H20Cl2N2O4S/c1-30-20-12-11-16(23)14-21(20)31(28,29)26-19(13-15-7-3-2-4-8-15)22(27)25-18-10-6-5-9-17(18)24/h2-12,14,19,26H,13H2,1H3,(H,25,27)/t19-/m1/s1. The van der Waals surface area contributed by atoms with E-state index in [-0.39, 0.29) is 22.1 Å². The van der Waals surface area contributed by atoms with Crippen LogP contribution in [0.5, 0.6) is 5.75 Å². The number of halogens is 2. The molecule has 0 unspecified atom stereocenters. The van der Waals surface area contributed by atoms with Gasteiger partial charge in [0.25, 0.3) is 0 Å². The maximum absolute atomic E-state index is 13.1. The minimum absolute atomic E-state index is 0.113. The summed E-state index contributed by atoms with van der Waals surface area (Å²) in [6, 6.07) is 18.9. The van der Waals surface area contributed by atoms with Crippen molar-refractivity contribution < 1.29 is 17.9 Å². The molecule has 0 saturated heterocycles. The fraction of sp³-hybridized carbons (Fsp3) is 0.136. The van der Waals surface area contributed by atoms with Gasteiger partial charge in [-0.15, -0.1) is 0 Å². The molecule has 0 radical (unpaired) electrons. The molecule has 0 aliphatic rings. The number of sulfonamides is 1. The van der Waals surface area contributed by atoms with Crippen molar-refractivity contribution in [2.75, 3.05) is 12.4 Å². The molecule has 3 rings (SSSR count). The van der Waals surface area contributed by atoms with Crippen molar-refractivity contribution in [2.45, 2.75) is 17.4 Å². The van der Waals surface area contributed by atoms with Crippen LogP contribution in [0.3, 0.4) is 0 Å². The molecule has 6 nitrogen and oxygen atoms in total. The van der Waals surface area contributed by atoms with Crippen LogP contribution in [0, 0.1) is 0 Å². The zero-order valence-corrected chi connectivity index (χ0v) is 18.8. The molecule has 0 saturated carbocycles. The van der Waals surface area contributed by atoms with E-state index in [0.29, 0.717) is 10.7 Å². The number of para-hydroxylation sites is 1. The summed E-state index contributed by atoms with van der Waals surface area (Å²) < 4.78 is 33.9. The molecule has 0 aliphatic carbocycles. The second-order valence-electron chi connectivity index (χ2n) is 6.63. The molecule has 0 bridgehead atoms. The first-order chi connectivity index (χ1) is 14.8. The molecule has 0 heterocycles. The van der Waals surface area contributed by atoms with Gasteiger partial charge in [-0.05, 0) is 42.3 Å². The van der Waals surface area contributed by atoms with Crippen molar-refractivity contribution in [3.63, 3.8) is 0 Å². The second kappa shape index (κ2) is 10.2. The summed E-state index contributed by atoms with van der Waals surface area (Å²) in [5, 5.41) is 3.25. The normalized spacial score (nSPS) is 12.2. The van der Waals surface area contributed by atoms with Crippen LogP contribution in [0.2, 0.25) is 10.0 Å². The quantitative estimate of drug-likeness (QED) is 0.497. The number of hydrogen-bond donors (Lipinski definition) is 2. The molecule has 3 aromatic carbocycles. The van der Waals surface area contributed by atoms with Gasteiger partial charge in [0.2, 0.25) is 15.9 Å². The lowest BCUT2D eigenvalue weighted by Crippen LogP contribution is -2.45. The number of nitrogens with one attached hydrogen (secondary N) is 2. The third-order valence-corrected chi connectivity index (χ3v) is 6.50. The monoisotopic (exact) mass is 478 g/mol. The molecular weight excluding hydrogens is 459 g/mol. The lowest BCUT2D eigenvalue weighted by Gasteiger charge is -2.20. The fourth-order valence-corrected chi connectivity index (χ4v) is 4.74. The maximum atomic E-state index is 13.1. The lowest BCUT2D eigenvalue weighted by molar-refractivity contribution is -0.117. The summed E-state index contributed by atoms with van der Waals surface area (Å²) in [4.78, 5) is 12.9. The van der Waals surface area contributed by atoms with E-state index in [9.17, 15) is 13.2 Å². The van der Waals surface area contributed by atoms with Crippen LogP contribution in [-0.2, 0) is 21.2 Å². The number of anilines is 1. The number of ether oxygens (including phenoxy) is 1. The van der Waals surface area contributed by atoms with Gasteiger partial charge in [-0.1, -0.05) is 65.7 Å². The molecule has 162 valence electrons. The van der Waals surface area contributed by atoms with Gasteiger partial charge in [0.1, 0.15) is 16.7 Å². The molecule has 0 aliphatic heterocycles. The molecule has 2 N–H and O–H groups in total. The summed E-state index contributed by atoms with van der Waals surface area (Å²) in [7, 11) is -2.79. The van der Waals surface area contributed by atoms with E-state index in [1.54, 1.807) is 24.3 Å². The summed E-state index contributed by atoms with van der Waals surface area (Å²) in [6.07, 6.45) is 0.124. The third-order valence-electron chi connectivity index (χ3n) is 4.44. The number of benzene rings is 3. The number of carbonyl (C=O) groups excluding carboxylic acids is 1. The van der Waals surface area contributed by atoms with Gasteiger partial charge < -0.3 is 10.1 Å². The van der Waals surface area contributed by atoms with Gasteiger partial charge in [0, 0.05) is 5.02 Å². The van der Waals surface area contributed by atoms with Crippen LogP contribution in [0.4, 0.5) is 5.69 Å². The Morgan fingerprint density at radius 3 is 2.35 bits per heavy atom. The first-order valence-corrected chi connectivity index (χ1v) is 11.5. The Morgan fingerprint density at radius 1 is 1.00 bits per heavy atom. The van der Waals surface area contributed by atoms with Crippen molar-refractivity contribution in [1.82, 2.24) is 4.72 Å². The average molecular weight is 479 g/mol. The highest BCUT2D eigenvalue weighted by molar-refractivity contribution is 7.89. The highest BCUT2D eigenvalue weighted by atomic mass is 35.5. The highest BCUT2D eigenvalue weighted by Gasteiger charge is 2.29. The summed E-state index contributed by atoms with van der Waals surface area (Å²) in [5.41, 5.74) is 1.16. The molecule has 1 amide bonds. The molecule has 31 heavy (non-hydrogen) atoms. The van der Waals surface area contributed by atoms with Gasteiger partial charge in [-0.3, -0.25) is 4.79 Å². The van der Waals surface area contributed by atoms with E-state index in [1.165, 1.54) is 25.3 Å². The number of carbonyl (C=O) groups is 1. The van der Waals surface area contributed by atoms with Crippen LogP contribution in [0.15, 0.2) is 77.7 Å². The van der Waals surface area contributed by atoms with E-state index >= 15 is 0 Å². The largest absolute Gasteiger partial charge is 0.495 e. The van der Waals surface area contributed by atoms with E-state index in [1.807, 2.05) is 30.3 Å². The smallest absolute Gasteiger partial charge is 0.245 e. The molecule has 0 fully saturated rings. The van der Waals surface area contributed by atoms with Crippen LogP contribution < -0.4 is 14.8 Å². The summed E-state index contributed by atoms with van der Waals surface area (Å²) in [5.74, 6) is -0.441. The molecule has 3 aromatic rings. The summed E-state index contributed by atoms with van der Waals surface area (Å²) >= 11 is 12.1. The van der Waals surface area contributed by atoms with Crippen LogP contribution >= 0.6 is 23.2 Å². The highest BCUT2D eigenvalue weighted by Crippen LogP contribution is 2.27. The van der Waals surface area contributed by atoms with E-state index in [4.69, 9.17) is 27.9 Å². The number of rotatable bonds is 8. The van der Waals surface area contributed by atoms with E-state index in [0.717, 1.165) is 5.56 Å². The molecular formula is C22H20Cl2N2O4S. The Hall–Kier alpha value is -2.58. The predicted octanol–water partition coefficient (Wildman–Crippen LogP) is 4.53. The van der Waals surface area contributed by atoms with Crippen molar-refractivity contribution in [1.29, 1.82) is 0 Å². The second-order valence-corrected chi connectivity index (χ2v) is 9.15. The zero-order valence-electron chi connectivity index (χ0n) is 16.5. The molecule has 1 atom stereocenters. The van der Waals surface area contributed by atoms with Crippen molar-refractivity contribution >= 4 is 44.8 Å². The minimum Gasteiger partial charge on any atom is -0.495 e. The Morgan fingerprint density at radius 2 is 1.68 bits per heavy atom. The maximum Gasteiger partial charge on any atom is 0.245 e. The fourth-order valence-electron chi connectivity index (χ4n) is 2.93. The molecule has 0 aromatic heterocycles. The number of methoxy groups -OCH3 is 1. The third kappa shape index (κ3) is 5.98. The molecule has 0 spiro atoms. The number of amides is 1. The lowest BCUT2D eigenvalue weighted by atomic mass is 10.1. The first-order valence-electron chi connectivity index (χ1n) is 9.25. The van der Waals surface area contributed by atoms with Crippen LogP contribution in [-0.4, -0.2) is 27.5 Å². The van der Waals surface area contributed by atoms with Crippen LogP contribution in [0.1, 0.15) is 5.56 Å². The Kier molecular flexibility index (Phi) is 7.56. The van der Waals surface area contributed by atoms with Crippen molar-refractivity contribution in [3.8, 4) is 5.75 Å². The van der Waals surface area contributed by atoms with Crippen molar-refractivity contribution in [3.05, 3.63) is 88.4 Å². The zero-order chi connectivity index (χ0) is 22.4. The average Bonchev–Trinajstić information content (AvgIpc) is 2.75. The van der Waals surface area contributed by atoms with Gasteiger partial charge in [0.15, 0.2) is 0 Å². The first kappa shape index (κ1) is 23.1. The van der Waals surface area contributed by atoms with E-state index in [2.05, 4.69) is 10.0 Å². The summed E-state index contributed by atoms with van der Waals surface area (Å²) in [6.45, 7) is 0. The van der Waals surface area contributed by atoms with Gasteiger partial charge in [-0.25, -0.2) is 8.42 Å². The Labute approximate surface area is 191 Å². The van der Waals surface area contributed by atoms with E-state index < -0.39 is 22.0 Å². The topological polar surface area (TPSA) is 84.5 Å². The van der Waals surface area contributed by atoms with Gasteiger partial charge in [-0.2, -0.15) is 4.72 Å². The number of hydrogen-bond acceptors (Lipinski definition) is 4. The SMILES string of the molecule is COc1ccc(Cl)cc1S(=O)(=O)N[C@H](Cc1ccccc1)C(=O)Nc1ccccc1Cl. The van der Waals surface area contributed by atoms with Gasteiger partial charge >= 0.3 is 0 Å². The Balaban J connectivity index is 1.93. The van der Waals surface area contributed by atoms with Crippen molar-refractivity contribution in [2.24, 2.45) is 0 Å². The van der Waals surface area contributed by atoms with Gasteiger partial charge in [0.05, 0.1) is 17.8 Å². The Bertz CT molecular complexity index is 1170.